The topological polar surface area (TPSA) is 80.1 Å². The van der Waals surface area contributed by atoms with Crippen molar-refractivity contribution >= 4 is 28.6 Å². The molecule has 1 aliphatic rings. The van der Waals surface area contributed by atoms with Gasteiger partial charge in [-0.3, -0.25) is 9.47 Å². The second-order valence-electron chi connectivity index (χ2n) is 8.10. The van der Waals surface area contributed by atoms with Crippen LogP contribution in [-0.4, -0.2) is 63.8 Å². The Morgan fingerprint density at radius 2 is 1.69 bits per heavy atom. The first kappa shape index (κ1) is 23.1. The minimum Gasteiger partial charge on any atom is -0.379 e. The molecule has 1 fully saturated rings. The molecule has 0 amide bonds. The Balaban J connectivity index is 1.44. The molecule has 35 heavy (non-hydrogen) atoms. The number of anilines is 3. The van der Waals surface area contributed by atoms with E-state index in [1.807, 2.05) is 34.9 Å². The van der Waals surface area contributed by atoms with E-state index in [1.54, 1.807) is 6.33 Å². The number of nitrogens with one attached hydrogen (secondary N) is 2. The molecule has 11 heteroatoms. The van der Waals surface area contributed by atoms with Gasteiger partial charge in [-0.15, -0.1) is 0 Å². The molecule has 0 saturated carbocycles. The number of hydrogen-bond donors (Lipinski definition) is 2. The minimum atomic E-state index is -4.40. The van der Waals surface area contributed by atoms with Crippen molar-refractivity contribution in [3.05, 3.63) is 66.5 Å². The van der Waals surface area contributed by atoms with Gasteiger partial charge >= 0.3 is 6.18 Å². The molecule has 3 heterocycles. The summed E-state index contributed by atoms with van der Waals surface area (Å²) in [4.78, 5) is 16.0. The van der Waals surface area contributed by atoms with Gasteiger partial charge in [-0.05, 0) is 36.4 Å². The zero-order valence-electron chi connectivity index (χ0n) is 18.8. The highest BCUT2D eigenvalue weighted by atomic mass is 19.4. The van der Waals surface area contributed by atoms with Crippen molar-refractivity contribution in [2.24, 2.45) is 0 Å². The summed E-state index contributed by atoms with van der Waals surface area (Å²) in [6.45, 7) is 4.66. The average Bonchev–Trinajstić information content (AvgIpc) is 3.29. The second kappa shape index (κ2) is 9.88. The lowest BCUT2D eigenvalue weighted by Crippen LogP contribution is -2.39. The van der Waals surface area contributed by atoms with Crippen LogP contribution < -0.4 is 10.6 Å². The lowest BCUT2D eigenvalue weighted by Gasteiger charge is -2.26. The number of morpholine rings is 1. The predicted octanol–water partition coefficient (Wildman–Crippen LogP) is 4.32. The van der Waals surface area contributed by atoms with E-state index < -0.39 is 11.7 Å². The summed E-state index contributed by atoms with van der Waals surface area (Å²) in [5.41, 5.74) is 1.80. The maximum atomic E-state index is 12.9. The van der Waals surface area contributed by atoms with Crippen LogP contribution in [0.15, 0.2) is 60.9 Å². The molecular weight excluding hydrogens is 459 g/mol. The van der Waals surface area contributed by atoms with E-state index in [1.165, 1.54) is 12.1 Å². The zero-order chi connectivity index (χ0) is 24.3. The van der Waals surface area contributed by atoms with Crippen molar-refractivity contribution in [1.29, 1.82) is 0 Å². The average molecular weight is 483 g/mol. The number of hydrogen-bond acceptors (Lipinski definition) is 7. The standard InChI is InChI=1S/C24H24F3N7O/c25-24(26,27)17-6-8-18(9-7-17)30-23-31-21(28-10-11-33-12-14-35-15-13-33)20-22(32-23)34(16-29-20)19-4-2-1-3-5-19/h1-9,16H,10-15H2,(H2,28,30,31,32). The molecule has 0 radical (unpaired) electrons. The van der Waals surface area contributed by atoms with E-state index in [0.717, 1.165) is 50.7 Å². The third-order valence-corrected chi connectivity index (χ3v) is 5.72. The Kier molecular flexibility index (Phi) is 6.51. The molecule has 2 aromatic carbocycles. The van der Waals surface area contributed by atoms with E-state index in [2.05, 4.69) is 30.5 Å². The maximum Gasteiger partial charge on any atom is 0.416 e. The highest BCUT2D eigenvalue weighted by Crippen LogP contribution is 2.31. The number of para-hydroxylation sites is 1. The highest BCUT2D eigenvalue weighted by Gasteiger charge is 2.30. The summed E-state index contributed by atoms with van der Waals surface area (Å²) >= 11 is 0. The van der Waals surface area contributed by atoms with Crippen LogP contribution in [0.25, 0.3) is 16.9 Å². The van der Waals surface area contributed by atoms with Crippen molar-refractivity contribution in [2.75, 3.05) is 50.0 Å². The molecule has 0 aliphatic carbocycles. The summed E-state index contributed by atoms with van der Waals surface area (Å²) < 4.78 is 46.0. The number of nitrogens with zero attached hydrogens (tertiary/aromatic N) is 5. The fourth-order valence-corrected chi connectivity index (χ4v) is 3.89. The Labute approximate surface area is 199 Å². The maximum absolute atomic E-state index is 12.9. The molecule has 182 valence electrons. The van der Waals surface area contributed by atoms with Gasteiger partial charge in [0.05, 0.1) is 18.8 Å². The minimum absolute atomic E-state index is 0.254. The molecule has 8 nitrogen and oxygen atoms in total. The van der Waals surface area contributed by atoms with Crippen molar-refractivity contribution in [1.82, 2.24) is 24.4 Å². The van der Waals surface area contributed by atoms with Crippen molar-refractivity contribution in [3.63, 3.8) is 0 Å². The van der Waals surface area contributed by atoms with Crippen LogP contribution in [-0.2, 0) is 10.9 Å². The summed E-state index contributed by atoms with van der Waals surface area (Å²) in [7, 11) is 0. The number of rotatable bonds is 7. The van der Waals surface area contributed by atoms with Crippen LogP contribution in [0.4, 0.5) is 30.6 Å². The van der Waals surface area contributed by atoms with Gasteiger partial charge < -0.3 is 15.4 Å². The van der Waals surface area contributed by atoms with Crippen LogP contribution >= 0.6 is 0 Å². The van der Waals surface area contributed by atoms with Crippen LogP contribution in [0.5, 0.6) is 0 Å². The van der Waals surface area contributed by atoms with E-state index in [-0.39, 0.29) is 5.95 Å². The Hall–Kier alpha value is -3.70. The summed E-state index contributed by atoms with van der Waals surface area (Å²) in [6.07, 6.45) is -2.71. The lowest BCUT2D eigenvalue weighted by atomic mass is 10.2. The fourth-order valence-electron chi connectivity index (χ4n) is 3.89. The zero-order valence-corrected chi connectivity index (χ0v) is 18.8. The molecular formula is C24H24F3N7O. The number of imidazole rings is 1. The van der Waals surface area contributed by atoms with Crippen molar-refractivity contribution in [2.45, 2.75) is 6.18 Å². The molecule has 0 atom stereocenters. The first-order valence-electron chi connectivity index (χ1n) is 11.3. The molecule has 4 aromatic rings. The quantitative estimate of drug-likeness (QED) is 0.405. The molecule has 2 aromatic heterocycles. The SMILES string of the molecule is FC(F)(F)c1ccc(Nc2nc(NCCN3CCOCC3)c3ncn(-c4ccccc4)c3n2)cc1. The summed E-state index contributed by atoms with van der Waals surface area (Å²) in [5, 5.41) is 6.38. The van der Waals surface area contributed by atoms with Gasteiger partial charge in [0.15, 0.2) is 17.0 Å². The molecule has 5 rings (SSSR count). The number of alkyl halides is 3. The third-order valence-electron chi connectivity index (χ3n) is 5.72. The molecule has 0 spiro atoms. The van der Waals surface area contributed by atoms with Gasteiger partial charge in [0.1, 0.15) is 6.33 Å². The number of fused-ring (bicyclic) bond motifs is 1. The Morgan fingerprint density at radius 1 is 0.943 bits per heavy atom. The van der Waals surface area contributed by atoms with Gasteiger partial charge in [-0.2, -0.15) is 23.1 Å². The first-order chi connectivity index (χ1) is 17.0. The monoisotopic (exact) mass is 483 g/mol. The van der Waals surface area contributed by atoms with Crippen LogP contribution in [0.2, 0.25) is 0 Å². The summed E-state index contributed by atoms with van der Waals surface area (Å²) in [6, 6.07) is 14.4. The smallest absolute Gasteiger partial charge is 0.379 e. The lowest BCUT2D eigenvalue weighted by molar-refractivity contribution is -0.137. The second-order valence-corrected chi connectivity index (χ2v) is 8.10. The van der Waals surface area contributed by atoms with Gasteiger partial charge in [0, 0.05) is 37.6 Å². The molecule has 2 N–H and O–H groups in total. The number of aromatic nitrogens is 4. The van der Waals surface area contributed by atoms with Gasteiger partial charge in [-0.1, -0.05) is 18.2 Å². The summed E-state index contributed by atoms with van der Waals surface area (Å²) in [5.74, 6) is 0.802. The largest absolute Gasteiger partial charge is 0.416 e. The fraction of sp³-hybridized carbons (Fsp3) is 0.292. The van der Waals surface area contributed by atoms with Gasteiger partial charge in [-0.25, -0.2) is 4.98 Å². The van der Waals surface area contributed by atoms with Crippen LogP contribution in [0, 0.1) is 0 Å². The van der Waals surface area contributed by atoms with E-state index in [9.17, 15) is 13.2 Å². The Bertz CT molecular complexity index is 1270. The van der Waals surface area contributed by atoms with Crippen molar-refractivity contribution < 1.29 is 17.9 Å². The highest BCUT2D eigenvalue weighted by molar-refractivity contribution is 5.86. The number of halogens is 3. The molecule has 1 saturated heterocycles. The first-order valence-corrected chi connectivity index (χ1v) is 11.3. The van der Waals surface area contributed by atoms with Crippen LogP contribution in [0.3, 0.4) is 0 Å². The number of ether oxygens (including phenoxy) is 1. The Morgan fingerprint density at radius 3 is 2.40 bits per heavy atom. The van der Waals surface area contributed by atoms with Crippen LogP contribution in [0.1, 0.15) is 5.56 Å². The van der Waals surface area contributed by atoms with E-state index in [0.29, 0.717) is 29.2 Å². The molecule has 0 unspecified atom stereocenters. The van der Waals surface area contributed by atoms with E-state index >= 15 is 0 Å². The van der Waals surface area contributed by atoms with Gasteiger partial charge in [0.2, 0.25) is 5.95 Å². The molecule has 1 aliphatic heterocycles. The predicted molar refractivity (Wildman–Crippen MR) is 127 cm³/mol. The third kappa shape index (κ3) is 5.36. The van der Waals surface area contributed by atoms with Crippen molar-refractivity contribution in [3.8, 4) is 5.69 Å². The number of benzene rings is 2. The normalized spacial score (nSPS) is 14.8. The van der Waals surface area contributed by atoms with E-state index in [4.69, 9.17) is 4.74 Å². The van der Waals surface area contributed by atoms with Gasteiger partial charge in [0.25, 0.3) is 0 Å². The molecule has 0 bridgehead atoms.